The van der Waals surface area contributed by atoms with E-state index in [9.17, 15) is 14.9 Å². The van der Waals surface area contributed by atoms with Gasteiger partial charge < -0.3 is 5.32 Å². The Labute approximate surface area is 175 Å². The number of hydrogen-bond acceptors (Lipinski definition) is 3. The number of nitrogens with zero attached hydrogens (tertiary/aromatic N) is 2. The van der Waals surface area contributed by atoms with Crippen LogP contribution in [0, 0.1) is 32.1 Å². The Kier molecular flexibility index (Phi) is 6.14. The van der Waals surface area contributed by atoms with Gasteiger partial charge in [-0.05, 0) is 62.2 Å². The van der Waals surface area contributed by atoms with Gasteiger partial charge in [0.1, 0.15) is 11.6 Å². The number of aromatic nitrogens is 1. The average molecular weight is 398 g/mol. The number of aryl methyl sites for hydroxylation is 2. The fourth-order valence-corrected chi connectivity index (χ4v) is 3.07. The number of benzene rings is 2. The number of nitrogens with one attached hydrogen (secondary N) is 2. The molecule has 0 radical (unpaired) electrons. The molecule has 0 atom stereocenters. The van der Waals surface area contributed by atoms with Crippen LogP contribution in [0.1, 0.15) is 32.9 Å². The summed E-state index contributed by atoms with van der Waals surface area (Å²) < 4.78 is 1.65. The maximum absolute atomic E-state index is 12.6. The average Bonchev–Trinajstić information content (AvgIpc) is 3.01. The van der Waals surface area contributed by atoms with Crippen molar-refractivity contribution in [3.63, 3.8) is 0 Å². The van der Waals surface area contributed by atoms with Crippen molar-refractivity contribution < 1.29 is 9.59 Å². The molecule has 0 aliphatic heterocycles. The van der Waals surface area contributed by atoms with Crippen molar-refractivity contribution in [2.75, 3.05) is 10.7 Å². The molecular weight excluding hydrogens is 376 g/mol. The molecule has 0 aliphatic carbocycles. The smallest absolute Gasteiger partial charge is 0.270 e. The van der Waals surface area contributed by atoms with Crippen LogP contribution in [0.4, 0.5) is 5.69 Å². The Morgan fingerprint density at radius 1 is 1.00 bits per heavy atom. The Balaban J connectivity index is 1.84. The fourth-order valence-electron chi connectivity index (χ4n) is 3.07. The molecule has 6 heteroatoms. The van der Waals surface area contributed by atoms with Gasteiger partial charge in [0.25, 0.3) is 11.8 Å². The molecule has 2 N–H and O–H groups in total. The van der Waals surface area contributed by atoms with Gasteiger partial charge in [-0.1, -0.05) is 36.4 Å². The van der Waals surface area contributed by atoms with Gasteiger partial charge in [0, 0.05) is 22.6 Å². The highest BCUT2D eigenvalue weighted by molar-refractivity contribution is 6.10. The minimum Gasteiger partial charge on any atom is -0.321 e. The van der Waals surface area contributed by atoms with Gasteiger partial charge >= 0.3 is 0 Å². The van der Waals surface area contributed by atoms with Crippen LogP contribution in [-0.4, -0.2) is 16.5 Å². The van der Waals surface area contributed by atoms with Crippen LogP contribution in [0.5, 0.6) is 0 Å². The highest BCUT2D eigenvalue weighted by Gasteiger charge is 2.15. The maximum Gasteiger partial charge on any atom is 0.270 e. The maximum atomic E-state index is 12.6. The lowest BCUT2D eigenvalue weighted by molar-refractivity contribution is -0.112. The van der Waals surface area contributed by atoms with E-state index in [-0.39, 0.29) is 11.5 Å². The zero-order chi connectivity index (χ0) is 21.7. The molecule has 0 unspecified atom stereocenters. The van der Waals surface area contributed by atoms with Crippen molar-refractivity contribution in [2.45, 2.75) is 20.8 Å². The lowest BCUT2D eigenvalue weighted by Gasteiger charge is -2.11. The van der Waals surface area contributed by atoms with E-state index in [0.29, 0.717) is 22.5 Å². The zero-order valence-corrected chi connectivity index (χ0v) is 17.1. The molecule has 30 heavy (non-hydrogen) atoms. The number of rotatable bonds is 5. The molecule has 0 saturated carbocycles. The number of carbonyl (C=O) groups is 2. The van der Waals surface area contributed by atoms with Gasteiger partial charge in [0.15, 0.2) is 0 Å². The third-order valence-corrected chi connectivity index (χ3v) is 4.78. The molecule has 3 aromatic rings. The fraction of sp³-hybridized carbons (Fsp3) is 0.125. The second-order valence-electron chi connectivity index (χ2n) is 6.91. The largest absolute Gasteiger partial charge is 0.321 e. The third kappa shape index (κ3) is 4.47. The van der Waals surface area contributed by atoms with Crippen LogP contribution in [0.15, 0.2) is 66.2 Å². The summed E-state index contributed by atoms with van der Waals surface area (Å²) in [6, 6.07) is 20.0. The Morgan fingerprint density at radius 2 is 1.67 bits per heavy atom. The van der Waals surface area contributed by atoms with Gasteiger partial charge in [-0.2, -0.15) is 5.26 Å². The van der Waals surface area contributed by atoms with Gasteiger partial charge in [-0.3, -0.25) is 19.7 Å². The van der Waals surface area contributed by atoms with Crippen molar-refractivity contribution in [3.8, 4) is 6.07 Å². The van der Waals surface area contributed by atoms with E-state index in [0.717, 1.165) is 11.3 Å². The monoisotopic (exact) mass is 398 g/mol. The third-order valence-electron chi connectivity index (χ3n) is 4.78. The summed E-state index contributed by atoms with van der Waals surface area (Å²) in [6.45, 7) is 5.54. The molecule has 0 spiro atoms. The summed E-state index contributed by atoms with van der Waals surface area (Å²) in [5, 5.41) is 12.3. The van der Waals surface area contributed by atoms with Crippen LogP contribution >= 0.6 is 0 Å². The van der Waals surface area contributed by atoms with Crippen LogP contribution in [-0.2, 0) is 4.79 Å². The Morgan fingerprint density at radius 3 is 2.33 bits per heavy atom. The number of hydrogen-bond donors (Lipinski definition) is 2. The van der Waals surface area contributed by atoms with E-state index >= 15 is 0 Å². The van der Waals surface area contributed by atoms with Crippen molar-refractivity contribution in [2.24, 2.45) is 0 Å². The highest BCUT2D eigenvalue weighted by atomic mass is 16.2. The quantitative estimate of drug-likeness (QED) is 0.495. The molecule has 0 aliphatic rings. The summed E-state index contributed by atoms with van der Waals surface area (Å²) in [5.74, 6) is -0.726. The van der Waals surface area contributed by atoms with E-state index in [4.69, 9.17) is 0 Å². The molecule has 0 saturated heterocycles. The van der Waals surface area contributed by atoms with Gasteiger partial charge in [-0.15, -0.1) is 0 Å². The summed E-state index contributed by atoms with van der Waals surface area (Å²) in [5.41, 5.74) is 7.10. The van der Waals surface area contributed by atoms with Gasteiger partial charge in [0.2, 0.25) is 0 Å². The van der Waals surface area contributed by atoms with Crippen LogP contribution in [0.25, 0.3) is 6.08 Å². The second kappa shape index (κ2) is 8.93. The molecule has 2 amide bonds. The topological polar surface area (TPSA) is 86.9 Å². The lowest BCUT2D eigenvalue weighted by atomic mass is 10.1. The Bertz CT molecular complexity index is 1170. The first-order chi connectivity index (χ1) is 14.4. The van der Waals surface area contributed by atoms with E-state index in [1.54, 1.807) is 35.0 Å². The van der Waals surface area contributed by atoms with Gasteiger partial charge in [-0.25, -0.2) is 0 Å². The summed E-state index contributed by atoms with van der Waals surface area (Å²) in [6.07, 6.45) is 1.53. The number of nitriles is 1. The molecule has 6 nitrogen and oxygen atoms in total. The molecular formula is C24H22N4O2. The molecule has 3 rings (SSSR count). The number of carbonyl (C=O) groups excluding carboxylic acids is 2. The summed E-state index contributed by atoms with van der Waals surface area (Å²) >= 11 is 0. The number of anilines is 1. The molecule has 1 aromatic heterocycles. The van der Waals surface area contributed by atoms with Crippen LogP contribution in [0.3, 0.4) is 0 Å². The summed E-state index contributed by atoms with van der Waals surface area (Å²) in [7, 11) is 0. The van der Waals surface area contributed by atoms with Crippen LogP contribution in [0.2, 0.25) is 0 Å². The van der Waals surface area contributed by atoms with E-state index in [1.807, 2.05) is 57.2 Å². The molecule has 150 valence electrons. The molecule has 1 heterocycles. The van der Waals surface area contributed by atoms with Crippen molar-refractivity contribution in [1.82, 2.24) is 4.68 Å². The number of para-hydroxylation sites is 1. The first-order valence-electron chi connectivity index (χ1n) is 9.45. The van der Waals surface area contributed by atoms with E-state index < -0.39 is 5.91 Å². The molecule has 0 bridgehead atoms. The zero-order valence-electron chi connectivity index (χ0n) is 17.1. The van der Waals surface area contributed by atoms with Crippen LogP contribution < -0.4 is 10.7 Å². The lowest BCUT2D eigenvalue weighted by Crippen LogP contribution is -2.24. The number of amides is 2. The highest BCUT2D eigenvalue weighted by Crippen LogP contribution is 2.19. The Hall–Kier alpha value is -4.11. The van der Waals surface area contributed by atoms with E-state index in [2.05, 4.69) is 10.7 Å². The first kappa shape index (κ1) is 20.6. The molecule has 2 aromatic carbocycles. The standard InChI is InChI=1S/C24H22N4O2/c1-16-9-7-8-12-22(16)26-23(29)21(15-25)14-20-13-17(2)28(18(20)3)27-24(30)19-10-5-4-6-11-19/h4-14H,1-3H3,(H,26,29)(H,27,30)/b21-14-. The first-order valence-corrected chi connectivity index (χ1v) is 9.45. The predicted octanol–water partition coefficient (Wildman–Crippen LogP) is 4.34. The van der Waals surface area contributed by atoms with Gasteiger partial charge in [0.05, 0.1) is 0 Å². The van der Waals surface area contributed by atoms with Crippen molar-refractivity contribution >= 4 is 23.6 Å². The minimum absolute atomic E-state index is 0.0205. The van der Waals surface area contributed by atoms with Crippen molar-refractivity contribution in [1.29, 1.82) is 5.26 Å². The van der Waals surface area contributed by atoms with E-state index in [1.165, 1.54) is 6.08 Å². The molecule has 0 fully saturated rings. The van der Waals surface area contributed by atoms with Crippen molar-refractivity contribution in [3.05, 3.63) is 94.3 Å². The minimum atomic E-state index is -0.482. The normalized spacial score (nSPS) is 10.9. The SMILES string of the molecule is Cc1ccccc1NC(=O)/C(C#N)=C\c1cc(C)n(NC(=O)c2ccccc2)c1C. The second-order valence-corrected chi connectivity index (χ2v) is 6.91. The summed E-state index contributed by atoms with van der Waals surface area (Å²) in [4.78, 5) is 25.1. The predicted molar refractivity (Wildman–Crippen MR) is 117 cm³/mol.